The maximum absolute atomic E-state index is 12.4. The fraction of sp³-hybridized carbons (Fsp3) is 0.100. The van der Waals surface area contributed by atoms with E-state index in [1.807, 2.05) is 12.1 Å². The average molecular weight is 352 g/mol. The minimum absolute atomic E-state index is 0.228. The van der Waals surface area contributed by atoms with E-state index in [2.05, 4.69) is 46.8 Å². The third kappa shape index (κ3) is 4.58. The molecular formula is C20H18ClN3O. The quantitative estimate of drug-likeness (QED) is 0.686. The summed E-state index contributed by atoms with van der Waals surface area (Å²) in [4.78, 5) is 16.7. The fourth-order valence-electron chi connectivity index (χ4n) is 2.32. The van der Waals surface area contributed by atoms with E-state index < -0.39 is 0 Å². The number of para-hydroxylation sites is 1. The van der Waals surface area contributed by atoms with Crippen molar-refractivity contribution in [3.05, 3.63) is 88.6 Å². The second kappa shape index (κ2) is 7.81. The first-order valence-corrected chi connectivity index (χ1v) is 8.31. The molecule has 126 valence electrons. The molecule has 5 heteroatoms. The Bertz CT molecular complexity index is 878. The van der Waals surface area contributed by atoms with E-state index in [1.165, 1.54) is 5.56 Å². The molecule has 0 spiro atoms. The van der Waals surface area contributed by atoms with Crippen LogP contribution in [-0.4, -0.2) is 10.9 Å². The Morgan fingerprint density at radius 2 is 1.84 bits per heavy atom. The number of rotatable bonds is 5. The number of halogens is 1. The number of carbonyl (C=O) groups is 1. The number of anilines is 2. The van der Waals surface area contributed by atoms with Crippen molar-refractivity contribution in [1.29, 1.82) is 0 Å². The lowest BCUT2D eigenvalue weighted by molar-refractivity contribution is 0.102. The zero-order valence-electron chi connectivity index (χ0n) is 13.8. The van der Waals surface area contributed by atoms with Crippen LogP contribution in [0.15, 0.2) is 66.9 Å². The molecule has 0 saturated carbocycles. The van der Waals surface area contributed by atoms with Gasteiger partial charge in [-0.25, -0.2) is 4.98 Å². The summed E-state index contributed by atoms with van der Waals surface area (Å²) in [5.74, 6) is 0.418. The molecule has 2 aromatic carbocycles. The Hall–Kier alpha value is -2.85. The third-order valence-electron chi connectivity index (χ3n) is 3.74. The molecule has 3 rings (SSSR count). The van der Waals surface area contributed by atoms with Crippen LogP contribution in [0.1, 0.15) is 21.5 Å². The van der Waals surface area contributed by atoms with Crippen molar-refractivity contribution in [1.82, 2.24) is 4.98 Å². The molecule has 0 radical (unpaired) electrons. The number of amides is 1. The first-order chi connectivity index (χ1) is 12.1. The van der Waals surface area contributed by atoms with E-state index >= 15 is 0 Å². The van der Waals surface area contributed by atoms with Crippen LogP contribution in [0.5, 0.6) is 0 Å². The van der Waals surface area contributed by atoms with Gasteiger partial charge in [0, 0.05) is 18.3 Å². The van der Waals surface area contributed by atoms with Gasteiger partial charge < -0.3 is 10.6 Å². The van der Waals surface area contributed by atoms with Gasteiger partial charge in [-0.3, -0.25) is 4.79 Å². The SMILES string of the molecule is Cc1ccc(CNc2cc(C(=O)Nc3ccccc3Cl)ccn2)cc1. The molecule has 0 fully saturated rings. The number of nitrogens with zero attached hydrogens (tertiary/aromatic N) is 1. The summed E-state index contributed by atoms with van der Waals surface area (Å²) >= 11 is 6.08. The van der Waals surface area contributed by atoms with Crippen molar-refractivity contribution < 1.29 is 4.79 Å². The highest BCUT2D eigenvalue weighted by Crippen LogP contribution is 2.21. The topological polar surface area (TPSA) is 54.0 Å². The van der Waals surface area contributed by atoms with Gasteiger partial charge in [0.15, 0.2) is 0 Å². The van der Waals surface area contributed by atoms with Gasteiger partial charge in [-0.15, -0.1) is 0 Å². The molecule has 1 heterocycles. The predicted molar refractivity (Wildman–Crippen MR) is 102 cm³/mol. The van der Waals surface area contributed by atoms with Gasteiger partial charge in [0.25, 0.3) is 5.91 Å². The van der Waals surface area contributed by atoms with Gasteiger partial charge in [0.05, 0.1) is 10.7 Å². The van der Waals surface area contributed by atoms with Crippen molar-refractivity contribution >= 4 is 29.0 Å². The third-order valence-corrected chi connectivity index (χ3v) is 4.07. The summed E-state index contributed by atoms with van der Waals surface area (Å²) in [6, 6.07) is 18.8. The number of nitrogens with one attached hydrogen (secondary N) is 2. The van der Waals surface area contributed by atoms with Crippen LogP contribution >= 0.6 is 11.6 Å². The highest BCUT2D eigenvalue weighted by molar-refractivity contribution is 6.33. The molecular weight excluding hydrogens is 334 g/mol. The molecule has 25 heavy (non-hydrogen) atoms. The second-order valence-corrected chi connectivity index (χ2v) is 6.11. The Morgan fingerprint density at radius 3 is 2.60 bits per heavy atom. The fourth-order valence-corrected chi connectivity index (χ4v) is 2.51. The van der Waals surface area contributed by atoms with Crippen LogP contribution in [0.3, 0.4) is 0 Å². The van der Waals surface area contributed by atoms with E-state index in [0.717, 1.165) is 5.56 Å². The number of hydrogen-bond donors (Lipinski definition) is 2. The Kier molecular flexibility index (Phi) is 5.31. The van der Waals surface area contributed by atoms with Crippen LogP contribution in [-0.2, 0) is 6.54 Å². The molecule has 2 N–H and O–H groups in total. The standard InChI is InChI=1S/C20H18ClN3O/c1-14-6-8-15(9-7-14)13-23-19-12-16(10-11-22-19)20(25)24-18-5-3-2-4-17(18)21/h2-12H,13H2,1H3,(H,22,23)(H,24,25). The molecule has 0 aliphatic heterocycles. The molecule has 1 aromatic heterocycles. The minimum Gasteiger partial charge on any atom is -0.366 e. The Balaban J connectivity index is 1.67. The van der Waals surface area contributed by atoms with E-state index in [4.69, 9.17) is 11.6 Å². The number of hydrogen-bond acceptors (Lipinski definition) is 3. The lowest BCUT2D eigenvalue weighted by Gasteiger charge is -2.09. The zero-order chi connectivity index (χ0) is 17.6. The highest BCUT2D eigenvalue weighted by Gasteiger charge is 2.09. The van der Waals surface area contributed by atoms with Crippen molar-refractivity contribution in [2.75, 3.05) is 10.6 Å². The molecule has 0 saturated heterocycles. The smallest absolute Gasteiger partial charge is 0.255 e. The van der Waals surface area contributed by atoms with E-state index in [0.29, 0.717) is 28.6 Å². The molecule has 4 nitrogen and oxygen atoms in total. The van der Waals surface area contributed by atoms with Gasteiger partial charge in [0.2, 0.25) is 0 Å². The summed E-state index contributed by atoms with van der Waals surface area (Å²) in [7, 11) is 0. The van der Waals surface area contributed by atoms with E-state index in [1.54, 1.807) is 30.5 Å². The van der Waals surface area contributed by atoms with Gasteiger partial charge in [-0.2, -0.15) is 0 Å². The molecule has 0 unspecified atom stereocenters. The molecule has 0 aliphatic rings. The molecule has 0 bridgehead atoms. The van der Waals surface area contributed by atoms with Crippen LogP contribution in [0.4, 0.5) is 11.5 Å². The monoisotopic (exact) mass is 351 g/mol. The van der Waals surface area contributed by atoms with Crippen LogP contribution in [0.2, 0.25) is 5.02 Å². The molecule has 0 atom stereocenters. The van der Waals surface area contributed by atoms with Crippen LogP contribution in [0, 0.1) is 6.92 Å². The average Bonchev–Trinajstić information content (AvgIpc) is 2.63. The van der Waals surface area contributed by atoms with Crippen molar-refractivity contribution in [2.24, 2.45) is 0 Å². The van der Waals surface area contributed by atoms with Crippen LogP contribution < -0.4 is 10.6 Å². The number of pyridine rings is 1. The summed E-state index contributed by atoms with van der Waals surface area (Å²) in [6.45, 7) is 2.70. The summed E-state index contributed by atoms with van der Waals surface area (Å²) in [6.07, 6.45) is 1.61. The number of benzene rings is 2. The van der Waals surface area contributed by atoms with Crippen molar-refractivity contribution in [3.63, 3.8) is 0 Å². The number of carbonyl (C=O) groups excluding carboxylic acids is 1. The first-order valence-electron chi connectivity index (χ1n) is 7.93. The van der Waals surface area contributed by atoms with Gasteiger partial charge in [-0.1, -0.05) is 53.6 Å². The second-order valence-electron chi connectivity index (χ2n) is 5.70. The molecule has 3 aromatic rings. The minimum atomic E-state index is -0.228. The number of aromatic nitrogens is 1. The Morgan fingerprint density at radius 1 is 1.08 bits per heavy atom. The van der Waals surface area contributed by atoms with Gasteiger partial charge >= 0.3 is 0 Å². The Labute approximate surface area is 151 Å². The van der Waals surface area contributed by atoms with Crippen LogP contribution in [0.25, 0.3) is 0 Å². The predicted octanol–water partition coefficient (Wildman–Crippen LogP) is 4.91. The summed E-state index contributed by atoms with van der Waals surface area (Å²) < 4.78 is 0. The zero-order valence-corrected chi connectivity index (χ0v) is 14.5. The largest absolute Gasteiger partial charge is 0.366 e. The summed E-state index contributed by atoms with van der Waals surface area (Å²) in [5, 5.41) is 6.54. The van der Waals surface area contributed by atoms with Crippen molar-refractivity contribution in [3.8, 4) is 0 Å². The van der Waals surface area contributed by atoms with Gasteiger partial charge in [0.1, 0.15) is 5.82 Å². The summed E-state index contributed by atoms with van der Waals surface area (Å²) in [5.41, 5.74) is 3.47. The molecule has 1 amide bonds. The lowest BCUT2D eigenvalue weighted by atomic mass is 10.1. The maximum Gasteiger partial charge on any atom is 0.255 e. The maximum atomic E-state index is 12.4. The normalized spacial score (nSPS) is 10.3. The molecule has 0 aliphatic carbocycles. The van der Waals surface area contributed by atoms with Crippen molar-refractivity contribution in [2.45, 2.75) is 13.5 Å². The highest BCUT2D eigenvalue weighted by atomic mass is 35.5. The lowest BCUT2D eigenvalue weighted by Crippen LogP contribution is -2.13. The number of aryl methyl sites for hydroxylation is 1. The van der Waals surface area contributed by atoms with Gasteiger partial charge in [-0.05, 0) is 36.8 Å². The first kappa shape index (κ1) is 17.0. The van der Waals surface area contributed by atoms with E-state index in [9.17, 15) is 4.79 Å². The van der Waals surface area contributed by atoms with E-state index in [-0.39, 0.29) is 5.91 Å².